The van der Waals surface area contributed by atoms with E-state index in [0.717, 1.165) is 25.9 Å². The maximum absolute atomic E-state index is 9.90. The van der Waals surface area contributed by atoms with Gasteiger partial charge in [0.15, 0.2) is 0 Å². The van der Waals surface area contributed by atoms with Crippen LogP contribution in [-0.2, 0) is 9.53 Å². The average molecular weight is 140 g/mol. The first-order valence-corrected chi connectivity index (χ1v) is 3.61. The first-order chi connectivity index (χ1) is 4.93. The lowest BCUT2D eigenvalue weighted by atomic mass is 10.1. The molecule has 1 aliphatic heterocycles. The Morgan fingerprint density at radius 1 is 1.60 bits per heavy atom. The summed E-state index contributed by atoms with van der Waals surface area (Å²) in [5.41, 5.74) is 0. The van der Waals surface area contributed by atoms with Crippen molar-refractivity contribution < 1.29 is 9.53 Å². The summed E-state index contributed by atoms with van der Waals surface area (Å²) in [5.74, 6) is 0.556. The summed E-state index contributed by atoms with van der Waals surface area (Å²) in [4.78, 5) is 9.90. The van der Waals surface area contributed by atoms with Crippen molar-refractivity contribution in [3.8, 4) is 0 Å². The molecule has 0 spiro atoms. The molecule has 1 aliphatic rings. The fourth-order valence-corrected chi connectivity index (χ4v) is 1.03. The molecule has 1 fully saturated rings. The number of rotatable bonds is 3. The predicted octanol–water partition coefficient (Wildman–Crippen LogP) is 1.17. The second kappa shape index (κ2) is 4.23. The van der Waals surface area contributed by atoms with Gasteiger partial charge in [-0.25, -0.2) is 0 Å². The molecule has 1 unspecified atom stereocenters. The van der Waals surface area contributed by atoms with Gasteiger partial charge in [0.05, 0.1) is 6.61 Å². The van der Waals surface area contributed by atoms with E-state index in [0.29, 0.717) is 12.3 Å². The molecule has 0 aliphatic carbocycles. The van der Waals surface area contributed by atoms with E-state index in [9.17, 15) is 4.79 Å². The third-order valence-corrected chi connectivity index (χ3v) is 1.61. The lowest BCUT2D eigenvalue weighted by Crippen LogP contribution is -1.92. The molecule has 2 heteroatoms. The Kier molecular flexibility index (Phi) is 3.16. The van der Waals surface area contributed by atoms with Crippen molar-refractivity contribution in [2.24, 2.45) is 5.92 Å². The SMILES string of the molecule is O=CC/C=C\C1CCOC1. The molecule has 1 atom stereocenters. The zero-order valence-corrected chi connectivity index (χ0v) is 5.95. The minimum atomic E-state index is 0.538. The van der Waals surface area contributed by atoms with Crippen molar-refractivity contribution in [3.63, 3.8) is 0 Å². The van der Waals surface area contributed by atoms with Gasteiger partial charge in [0.25, 0.3) is 0 Å². The highest BCUT2D eigenvalue weighted by Crippen LogP contribution is 2.13. The van der Waals surface area contributed by atoms with E-state index < -0.39 is 0 Å². The molecular formula is C8H12O2. The Bertz CT molecular complexity index is 123. The fraction of sp³-hybridized carbons (Fsp3) is 0.625. The Morgan fingerprint density at radius 2 is 2.50 bits per heavy atom. The molecule has 10 heavy (non-hydrogen) atoms. The van der Waals surface area contributed by atoms with E-state index in [4.69, 9.17) is 4.74 Å². The molecule has 56 valence electrons. The van der Waals surface area contributed by atoms with Crippen LogP contribution < -0.4 is 0 Å². The molecule has 0 radical (unpaired) electrons. The average Bonchev–Trinajstić information content (AvgIpc) is 2.41. The first-order valence-electron chi connectivity index (χ1n) is 3.61. The van der Waals surface area contributed by atoms with Gasteiger partial charge in [-0.05, 0) is 6.42 Å². The van der Waals surface area contributed by atoms with Crippen molar-refractivity contribution in [2.45, 2.75) is 12.8 Å². The van der Waals surface area contributed by atoms with Crippen LogP contribution in [0, 0.1) is 5.92 Å². The van der Waals surface area contributed by atoms with E-state index in [1.54, 1.807) is 0 Å². The van der Waals surface area contributed by atoms with Gasteiger partial charge in [0.2, 0.25) is 0 Å². The summed E-state index contributed by atoms with van der Waals surface area (Å²) in [6.07, 6.45) is 6.53. The Balaban J connectivity index is 2.16. The van der Waals surface area contributed by atoms with Crippen molar-refractivity contribution in [3.05, 3.63) is 12.2 Å². The molecule has 0 amide bonds. The van der Waals surface area contributed by atoms with Gasteiger partial charge in [0.1, 0.15) is 6.29 Å². The normalized spacial score (nSPS) is 25.8. The Hall–Kier alpha value is -0.630. The Morgan fingerprint density at radius 3 is 3.10 bits per heavy atom. The van der Waals surface area contributed by atoms with Gasteiger partial charge in [0, 0.05) is 18.9 Å². The minimum Gasteiger partial charge on any atom is -0.381 e. The molecular weight excluding hydrogens is 128 g/mol. The topological polar surface area (TPSA) is 26.3 Å². The highest BCUT2D eigenvalue weighted by Gasteiger charge is 2.10. The molecule has 0 aromatic heterocycles. The Labute approximate surface area is 60.9 Å². The lowest BCUT2D eigenvalue weighted by Gasteiger charge is -1.95. The fourth-order valence-electron chi connectivity index (χ4n) is 1.03. The van der Waals surface area contributed by atoms with Crippen LogP contribution in [-0.4, -0.2) is 19.5 Å². The van der Waals surface area contributed by atoms with Gasteiger partial charge in [-0.1, -0.05) is 12.2 Å². The zero-order valence-electron chi connectivity index (χ0n) is 5.95. The zero-order chi connectivity index (χ0) is 7.23. The summed E-state index contributed by atoms with van der Waals surface area (Å²) >= 11 is 0. The molecule has 0 aromatic carbocycles. The molecule has 1 rings (SSSR count). The summed E-state index contributed by atoms with van der Waals surface area (Å²) < 4.78 is 5.15. The summed E-state index contributed by atoms with van der Waals surface area (Å²) in [6.45, 7) is 1.70. The lowest BCUT2D eigenvalue weighted by molar-refractivity contribution is -0.107. The van der Waals surface area contributed by atoms with Gasteiger partial charge < -0.3 is 9.53 Å². The monoisotopic (exact) mass is 140 g/mol. The molecule has 0 aromatic rings. The van der Waals surface area contributed by atoms with Crippen molar-refractivity contribution in [1.82, 2.24) is 0 Å². The molecule has 0 N–H and O–H groups in total. The van der Waals surface area contributed by atoms with E-state index in [2.05, 4.69) is 6.08 Å². The summed E-state index contributed by atoms with van der Waals surface area (Å²) in [6, 6.07) is 0. The molecule has 2 nitrogen and oxygen atoms in total. The molecule has 1 heterocycles. The quantitative estimate of drug-likeness (QED) is 0.434. The van der Waals surface area contributed by atoms with Gasteiger partial charge in [-0.15, -0.1) is 0 Å². The standard InChI is InChI=1S/C8H12O2/c9-5-2-1-3-8-4-6-10-7-8/h1,3,5,8H,2,4,6-7H2/b3-1-. The van der Waals surface area contributed by atoms with Crippen molar-refractivity contribution >= 4 is 6.29 Å². The molecule has 0 bridgehead atoms. The summed E-state index contributed by atoms with van der Waals surface area (Å²) in [7, 11) is 0. The number of aldehydes is 1. The van der Waals surface area contributed by atoms with Crippen LogP contribution in [0.1, 0.15) is 12.8 Å². The third kappa shape index (κ3) is 2.31. The molecule has 1 saturated heterocycles. The van der Waals surface area contributed by atoms with E-state index in [-0.39, 0.29) is 0 Å². The minimum absolute atomic E-state index is 0.538. The van der Waals surface area contributed by atoms with Crippen LogP contribution in [0.25, 0.3) is 0 Å². The van der Waals surface area contributed by atoms with Gasteiger partial charge in [-0.2, -0.15) is 0 Å². The van der Waals surface area contributed by atoms with Crippen LogP contribution in [0.15, 0.2) is 12.2 Å². The number of hydrogen-bond acceptors (Lipinski definition) is 2. The van der Waals surface area contributed by atoms with E-state index in [1.807, 2.05) is 6.08 Å². The van der Waals surface area contributed by atoms with Crippen LogP contribution in [0.5, 0.6) is 0 Å². The highest BCUT2D eigenvalue weighted by molar-refractivity contribution is 5.51. The van der Waals surface area contributed by atoms with Crippen LogP contribution in [0.3, 0.4) is 0 Å². The smallest absolute Gasteiger partial charge is 0.123 e. The van der Waals surface area contributed by atoms with E-state index >= 15 is 0 Å². The van der Waals surface area contributed by atoms with Gasteiger partial charge in [-0.3, -0.25) is 0 Å². The maximum atomic E-state index is 9.90. The summed E-state index contributed by atoms with van der Waals surface area (Å²) in [5, 5.41) is 0. The largest absolute Gasteiger partial charge is 0.381 e. The van der Waals surface area contributed by atoms with E-state index in [1.165, 1.54) is 0 Å². The van der Waals surface area contributed by atoms with Crippen LogP contribution in [0.2, 0.25) is 0 Å². The second-order valence-electron chi connectivity index (χ2n) is 2.45. The predicted molar refractivity (Wildman–Crippen MR) is 38.7 cm³/mol. The number of allylic oxidation sites excluding steroid dienone is 1. The van der Waals surface area contributed by atoms with Crippen LogP contribution in [0.4, 0.5) is 0 Å². The van der Waals surface area contributed by atoms with Crippen molar-refractivity contribution in [1.29, 1.82) is 0 Å². The third-order valence-electron chi connectivity index (χ3n) is 1.61. The second-order valence-corrected chi connectivity index (χ2v) is 2.45. The number of hydrogen-bond donors (Lipinski definition) is 0. The number of ether oxygens (including phenoxy) is 1. The highest BCUT2D eigenvalue weighted by atomic mass is 16.5. The van der Waals surface area contributed by atoms with Gasteiger partial charge >= 0.3 is 0 Å². The van der Waals surface area contributed by atoms with Crippen LogP contribution >= 0.6 is 0 Å². The molecule has 0 saturated carbocycles. The first kappa shape index (κ1) is 7.48. The number of carbonyl (C=O) groups excluding carboxylic acids is 1. The van der Waals surface area contributed by atoms with Crippen molar-refractivity contribution in [2.75, 3.05) is 13.2 Å². The number of carbonyl (C=O) groups is 1. The maximum Gasteiger partial charge on any atom is 0.123 e.